The number of rotatable bonds is 7. The average molecular weight is 470 g/mol. The predicted octanol–water partition coefficient (Wildman–Crippen LogP) is 3.58. The highest BCUT2D eigenvalue weighted by molar-refractivity contribution is 5.81. The molecule has 9 nitrogen and oxygen atoms in total. The van der Waals surface area contributed by atoms with E-state index in [0.29, 0.717) is 30.4 Å². The molecule has 0 saturated carbocycles. The highest BCUT2D eigenvalue weighted by atomic mass is 16.3. The van der Waals surface area contributed by atoms with Crippen molar-refractivity contribution in [1.29, 1.82) is 0 Å². The molecule has 0 radical (unpaired) electrons. The van der Waals surface area contributed by atoms with E-state index in [9.17, 15) is 9.90 Å². The summed E-state index contributed by atoms with van der Waals surface area (Å²) in [6.07, 6.45) is 2.13. The number of carbonyl (C=O) groups is 1. The minimum absolute atomic E-state index is 0.104. The smallest absolute Gasteiger partial charge is 0.229 e. The second-order valence-corrected chi connectivity index (χ2v) is 8.72. The number of likely N-dealkylation sites (N-methyl/N-ethyl adjacent to an activating group) is 1. The van der Waals surface area contributed by atoms with Crippen LogP contribution in [0.3, 0.4) is 0 Å². The van der Waals surface area contributed by atoms with Crippen molar-refractivity contribution in [1.82, 2.24) is 25.1 Å². The summed E-state index contributed by atoms with van der Waals surface area (Å²) in [5, 5.41) is 24.1. The molecular formula is C26H27N7O2. The van der Waals surface area contributed by atoms with Crippen LogP contribution in [-0.2, 0) is 17.8 Å². The number of aliphatic hydroxyl groups excluding tert-OH is 1. The Morgan fingerprint density at radius 2 is 1.97 bits per heavy atom. The summed E-state index contributed by atoms with van der Waals surface area (Å²) in [5.74, 6) is 1.09. The Bertz CT molecular complexity index is 1350. The summed E-state index contributed by atoms with van der Waals surface area (Å²) in [4.78, 5) is 23.0. The standard InChI is InChI=1S/C26H27N7O2/c1-16-10-22(32-31-16)21-13-27-26(30-25(21)29-23(15-34)17-6-4-3-5-7-17)28-20-9-8-18-12-24(35)33(2)14-19(18)11-20/h3-11,13,23,34H,12,14-15H2,1-2H3,(H,31,32)(H2,27,28,29,30)/t23-/m1/s1. The molecule has 1 aliphatic heterocycles. The van der Waals surface area contributed by atoms with Gasteiger partial charge >= 0.3 is 0 Å². The third-order valence-corrected chi connectivity index (χ3v) is 6.10. The quantitative estimate of drug-likeness (QED) is 0.327. The number of aromatic nitrogens is 4. The van der Waals surface area contributed by atoms with Crippen molar-refractivity contribution in [2.45, 2.75) is 25.9 Å². The maximum absolute atomic E-state index is 12.0. The molecule has 0 aliphatic carbocycles. The second kappa shape index (κ2) is 9.55. The molecule has 9 heteroatoms. The number of H-pyrrole nitrogens is 1. The number of anilines is 3. The number of aliphatic hydroxyl groups is 1. The maximum Gasteiger partial charge on any atom is 0.229 e. The normalized spacial score (nSPS) is 13.9. The topological polar surface area (TPSA) is 119 Å². The third-order valence-electron chi connectivity index (χ3n) is 6.10. The highest BCUT2D eigenvalue weighted by Gasteiger charge is 2.21. The Morgan fingerprint density at radius 3 is 2.71 bits per heavy atom. The average Bonchev–Trinajstić information content (AvgIpc) is 3.30. The molecule has 4 aromatic rings. The van der Waals surface area contributed by atoms with E-state index in [-0.39, 0.29) is 18.6 Å². The lowest BCUT2D eigenvalue weighted by Gasteiger charge is -2.25. The van der Waals surface area contributed by atoms with Gasteiger partial charge < -0.3 is 20.6 Å². The SMILES string of the molecule is Cc1cc(-c2cnc(Nc3ccc4c(c3)CN(C)C(=O)C4)nc2N[C@H](CO)c2ccccc2)n[nH]1. The Balaban J connectivity index is 1.46. The number of benzene rings is 2. The Kier molecular flexibility index (Phi) is 6.15. The van der Waals surface area contributed by atoms with Gasteiger partial charge in [0.15, 0.2) is 0 Å². The Morgan fingerprint density at radius 1 is 1.14 bits per heavy atom. The van der Waals surface area contributed by atoms with Gasteiger partial charge in [-0.25, -0.2) is 4.98 Å². The molecule has 1 amide bonds. The number of hydrogen-bond donors (Lipinski definition) is 4. The number of nitrogens with one attached hydrogen (secondary N) is 3. The van der Waals surface area contributed by atoms with Crippen LogP contribution in [0.5, 0.6) is 0 Å². The van der Waals surface area contributed by atoms with Crippen molar-refractivity contribution in [3.63, 3.8) is 0 Å². The fourth-order valence-corrected chi connectivity index (χ4v) is 4.17. The molecule has 35 heavy (non-hydrogen) atoms. The fourth-order valence-electron chi connectivity index (χ4n) is 4.17. The van der Waals surface area contributed by atoms with Crippen LogP contribution in [-0.4, -0.2) is 49.7 Å². The second-order valence-electron chi connectivity index (χ2n) is 8.72. The molecule has 0 spiro atoms. The molecule has 2 aromatic heterocycles. The van der Waals surface area contributed by atoms with Gasteiger partial charge in [-0.15, -0.1) is 0 Å². The van der Waals surface area contributed by atoms with Gasteiger partial charge in [-0.3, -0.25) is 9.89 Å². The van der Waals surface area contributed by atoms with Crippen LogP contribution < -0.4 is 10.6 Å². The summed E-state index contributed by atoms with van der Waals surface area (Å²) in [6.45, 7) is 2.40. The van der Waals surface area contributed by atoms with Crippen LogP contribution in [0.15, 0.2) is 60.8 Å². The maximum atomic E-state index is 12.0. The molecule has 0 bridgehead atoms. The fraction of sp³-hybridized carbons (Fsp3) is 0.231. The summed E-state index contributed by atoms with van der Waals surface area (Å²) >= 11 is 0. The first-order valence-corrected chi connectivity index (χ1v) is 11.4. The van der Waals surface area contributed by atoms with Crippen LogP contribution in [0.2, 0.25) is 0 Å². The molecule has 5 rings (SSSR count). The lowest BCUT2D eigenvalue weighted by Crippen LogP contribution is -2.32. The van der Waals surface area contributed by atoms with Crippen molar-refractivity contribution in [3.05, 3.63) is 83.2 Å². The van der Waals surface area contributed by atoms with Gasteiger partial charge in [0.05, 0.1) is 30.3 Å². The number of aromatic amines is 1. The zero-order chi connectivity index (χ0) is 24.4. The first kappa shape index (κ1) is 22.5. The number of carbonyl (C=O) groups excluding carboxylic acids is 1. The van der Waals surface area contributed by atoms with Gasteiger partial charge in [-0.1, -0.05) is 36.4 Å². The van der Waals surface area contributed by atoms with E-state index in [0.717, 1.165) is 33.6 Å². The minimum Gasteiger partial charge on any atom is -0.394 e. The number of aryl methyl sites for hydroxylation is 1. The summed E-state index contributed by atoms with van der Waals surface area (Å²) in [6, 6.07) is 17.2. The van der Waals surface area contributed by atoms with Crippen LogP contribution in [0.4, 0.5) is 17.5 Å². The van der Waals surface area contributed by atoms with Gasteiger partial charge in [0.2, 0.25) is 11.9 Å². The van der Waals surface area contributed by atoms with Gasteiger partial charge in [0.25, 0.3) is 0 Å². The molecule has 1 aliphatic rings. The third kappa shape index (κ3) is 4.85. The molecule has 4 N–H and O–H groups in total. The van der Waals surface area contributed by atoms with Crippen LogP contribution in [0.25, 0.3) is 11.3 Å². The number of hydrogen-bond acceptors (Lipinski definition) is 7. The Hall–Kier alpha value is -4.24. The van der Waals surface area contributed by atoms with Gasteiger partial charge in [-0.05, 0) is 41.8 Å². The lowest BCUT2D eigenvalue weighted by molar-refractivity contribution is -0.130. The van der Waals surface area contributed by atoms with Crippen LogP contribution in [0.1, 0.15) is 28.4 Å². The lowest BCUT2D eigenvalue weighted by atomic mass is 9.99. The zero-order valence-corrected chi connectivity index (χ0v) is 19.6. The number of fused-ring (bicyclic) bond motifs is 1. The molecule has 0 fully saturated rings. The molecular weight excluding hydrogens is 442 g/mol. The zero-order valence-electron chi connectivity index (χ0n) is 19.6. The van der Waals surface area contributed by atoms with E-state index in [2.05, 4.69) is 25.8 Å². The molecule has 1 atom stereocenters. The first-order chi connectivity index (χ1) is 17.0. The van der Waals surface area contributed by atoms with Gasteiger partial charge in [0, 0.05) is 31.2 Å². The summed E-state index contributed by atoms with van der Waals surface area (Å²) in [5.41, 5.74) is 6.28. The van der Waals surface area contributed by atoms with Crippen molar-refractivity contribution in [2.24, 2.45) is 0 Å². The van der Waals surface area contributed by atoms with E-state index >= 15 is 0 Å². The minimum atomic E-state index is -0.352. The van der Waals surface area contributed by atoms with Crippen LogP contribution >= 0.6 is 0 Å². The van der Waals surface area contributed by atoms with Crippen LogP contribution in [0, 0.1) is 6.92 Å². The van der Waals surface area contributed by atoms with E-state index in [1.54, 1.807) is 11.1 Å². The molecule has 0 unspecified atom stereocenters. The number of amides is 1. The first-order valence-electron chi connectivity index (χ1n) is 11.4. The summed E-state index contributed by atoms with van der Waals surface area (Å²) in [7, 11) is 1.81. The van der Waals surface area contributed by atoms with Gasteiger partial charge in [-0.2, -0.15) is 10.1 Å². The molecule has 2 aromatic carbocycles. The van der Waals surface area contributed by atoms with Crippen molar-refractivity contribution in [2.75, 3.05) is 24.3 Å². The predicted molar refractivity (Wildman–Crippen MR) is 134 cm³/mol. The molecule has 178 valence electrons. The molecule has 3 heterocycles. The van der Waals surface area contributed by atoms with E-state index < -0.39 is 0 Å². The van der Waals surface area contributed by atoms with Crippen molar-refractivity contribution < 1.29 is 9.90 Å². The Labute approximate surface area is 203 Å². The van der Waals surface area contributed by atoms with E-state index in [1.807, 2.05) is 68.6 Å². The van der Waals surface area contributed by atoms with E-state index in [4.69, 9.17) is 4.98 Å². The van der Waals surface area contributed by atoms with E-state index in [1.165, 1.54) is 0 Å². The number of nitrogens with zero attached hydrogens (tertiary/aromatic N) is 4. The monoisotopic (exact) mass is 469 g/mol. The van der Waals surface area contributed by atoms with Crippen molar-refractivity contribution >= 4 is 23.4 Å². The van der Waals surface area contributed by atoms with Gasteiger partial charge in [0.1, 0.15) is 5.82 Å². The largest absolute Gasteiger partial charge is 0.394 e. The van der Waals surface area contributed by atoms with Crippen molar-refractivity contribution in [3.8, 4) is 11.3 Å². The highest BCUT2D eigenvalue weighted by Crippen LogP contribution is 2.30. The summed E-state index contributed by atoms with van der Waals surface area (Å²) < 4.78 is 0. The molecule has 0 saturated heterocycles.